The molecule has 2 aromatic rings. The van der Waals surface area contributed by atoms with E-state index in [0.717, 1.165) is 37.2 Å². The van der Waals surface area contributed by atoms with Crippen LogP contribution in [0, 0.1) is 5.92 Å². The van der Waals surface area contributed by atoms with Crippen molar-refractivity contribution in [1.82, 2.24) is 20.4 Å². The first kappa shape index (κ1) is 20.0. The van der Waals surface area contributed by atoms with Crippen LogP contribution in [-0.4, -0.2) is 41.5 Å². The monoisotopic (exact) mass is 418 g/mol. The molecule has 0 unspecified atom stereocenters. The minimum atomic E-state index is -0.0409. The Labute approximate surface area is 175 Å². The fourth-order valence-corrected chi connectivity index (χ4v) is 4.18. The highest BCUT2D eigenvalue weighted by molar-refractivity contribution is 6.32. The smallest absolute Gasteiger partial charge is 0.254 e. The van der Waals surface area contributed by atoms with Gasteiger partial charge in [0.2, 0.25) is 0 Å². The molecule has 1 amide bonds. The molecule has 2 aliphatic rings. The van der Waals surface area contributed by atoms with Crippen LogP contribution >= 0.6 is 11.6 Å². The molecule has 0 saturated carbocycles. The summed E-state index contributed by atoms with van der Waals surface area (Å²) >= 11 is 6.32. The number of nitrogens with zero attached hydrogens (tertiary/aromatic N) is 2. The van der Waals surface area contributed by atoms with Crippen molar-refractivity contribution in [3.05, 3.63) is 40.2 Å². The van der Waals surface area contributed by atoms with Crippen molar-refractivity contribution in [3.8, 4) is 11.5 Å². The van der Waals surface area contributed by atoms with E-state index >= 15 is 0 Å². The van der Waals surface area contributed by atoms with Gasteiger partial charge in [-0.2, -0.15) is 5.10 Å². The van der Waals surface area contributed by atoms with Crippen LogP contribution in [0.5, 0.6) is 11.5 Å². The molecular formula is C21H27ClN4O3. The summed E-state index contributed by atoms with van der Waals surface area (Å²) in [6.45, 7) is 7.40. The molecule has 0 aliphatic carbocycles. The first-order valence-corrected chi connectivity index (χ1v) is 10.5. The maximum absolute atomic E-state index is 12.4. The molecule has 2 N–H and O–H groups in total. The molecule has 0 bridgehead atoms. The van der Waals surface area contributed by atoms with Crippen molar-refractivity contribution in [2.24, 2.45) is 5.92 Å². The Bertz CT molecular complexity index is 896. The summed E-state index contributed by atoms with van der Waals surface area (Å²) in [6, 6.07) is 4.02. The van der Waals surface area contributed by atoms with Gasteiger partial charge in [-0.3, -0.25) is 9.48 Å². The van der Waals surface area contributed by atoms with Crippen LogP contribution in [0.2, 0.25) is 5.02 Å². The van der Waals surface area contributed by atoms with Crippen molar-refractivity contribution in [2.45, 2.75) is 45.8 Å². The summed E-state index contributed by atoms with van der Waals surface area (Å²) in [5, 5.41) is 11.5. The summed E-state index contributed by atoms with van der Waals surface area (Å²) in [5.41, 5.74) is 2.79. The van der Waals surface area contributed by atoms with Crippen LogP contribution in [0.4, 0.5) is 0 Å². The van der Waals surface area contributed by atoms with E-state index in [-0.39, 0.29) is 11.9 Å². The number of nitrogens with one attached hydrogen (secondary N) is 2. The van der Waals surface area contributed by atoms with Crippen LogP contribution in [0.3, 0.4) is 0 Å². The van der Waals surface area contributed by atoms with E-state index in [1.165, 1.54) is 0 Å². The fourth-order valence-electron chi connectivity index (χ4n) is 3.89. The zero-order chi connectivity index (χ0) is 20.4. The highest BCUT2D eigenvalue weighted by Gasteiger charge is 2.25. The second-order valence-corrected chi connectivity index (χ2v) is 8.35. The van der Waals surface area contributed by atoms with Crippen molar-refractivity contribution in [1.29, 1.82) is 0 Å². The van der Waals surface area contributed by atoms with Gasteiger partial charge in [0.05, 0.1) is 22.5 Å². The minimum absolute atomic E-state index is 0.0409. The van der Waals surface area contributed by atoms with Crippen LogP contribution in [0.15, 0.2) is 18.3 Å². The van der Waals surface area contributed by atoms with Gasteiger partial charge >= 0.3 is 0 Å². The number of aromatic nitrogens is 2. The largest absolute Gasteiger partial charge is 0.486 e. The summed E-state index contributed by atoms with van der Waals surface area (Å²) in [7, 11) is 0. The Balaban J connectivity index is 1.35. The molecule has 1 atom stereocenters. The average Bonchev–Trinajstić information content (AvgIpc) is 3.11. The first-order chi connectivity index (χ1) is 14.0. The maximum Gasteiger partial charge on any atom is 0.254 e. The molecule has 7 nitrogen and oxygen atoms in total. The van der Waals surface area contributed by atoms with E-state index in [1.807, 2.05) is 30.7 Å². The molecule has 29 heavy (non-hydrogen) atoms. The van der Waals surface area contributed by atoms with Gasteiger partial charge in [-0.25, -0.2) is 0 Å². The minimum Gasteiger partial charge on any atom is -0.486 e. The predicted octanol–water partition coefficient (Wildman–Crippen LogP) is 2.80. The third-order valence-electron chi connectivity index (χ3n) is 5.26. The van der Waals surface area contributed by atoms with Gasteiger partial charge in [0.15, 0.2) is 11.5 Å². The molecule has 2 aliphatic heterocycles. The van der Waals surface area contributed by atoms with Gasteiger partial charge in [-0.1, -0.05) is 11.6 Å². The van der Waals surface area contributed by atoms with Crippen LogP contribution in [0.1, 0.15) is 41.9 Å². The number of fused-ring (bicyclic) bond motifs is 2. The van der Waals surface area contributed by atoms with Gasteiger partial charge in [0.25, 0.3) is 5.91 Å². The SMILES string of the molecule is CC(C)NC(=O)c1cnn2c1C[C@@H](CNCc1cc(Cl)c3c(c1)OCCO3)CC2. The van der Waals surface area contributed by atoms with Gasteiger partial charge in [0, 0.05) is 19.1 Å². The number of carbonyl (C=O) groups is 1. The highest BCUT2D eigenvalue weighted by atomic mass is 35.5. The highest BCUT2D eigenvalue weighted by Crippen LogP contribution is 2.38. The summed E-state index contributed by atoms with van der Waals surface area (Å²) in [4.78, 5) is 12.4. The van der Waals surface area contributed by atoms with Crippen LogP contribution in [0.25, 0.3) is 0 Å². The predicted molar refractivity (Wildman–Crippen MR) is 111 cm³/mol. The molecule has 0 saturated heterocycles. The van der Waals surface area contributed by atoms with Crippen LogP contribution < -0.4 is 20.1 Å². The standard InChI is InChI=1S/C21H27ClN4O3/c1-13(2)25-21(27)16-12-24-26-4-3-14(8-18(16)26)10-23-11-15-7-17(22)20-19(9-15)28-5-6-29-20/h7,9,12-14,23H,3-6,8,10-11H2,1-2H3,(H,25,27)/t14-/m0/s1. The van der Waals surface area contributed by atoms with Crippen molar-refractivity contribution < 1.29 is 14.3 Å². The molecular weight excluding hydrogens is 392 g/mol. The number of hydrogen-bond acceptors (Lipinski definition) is 5. The molecule has 0 fully saturated rings. The maximum atomic E-state index is 12.4. The van der Waals surface area contributed by atoms with Gasteiger partial charge in [0.1, 0.15) is 13.2 Å². The third kappa shape index (κ3) is 4.51. The zero-order valence-corrected chi connectivity index (χ0v) is 17.6. The Kier molecular flexibility index (Phi) is 5.96. The van der Waals surface area contributed by atoms with E-state index in [1.54, 1.807) is 6.20 Å². The number of aryl methyl sites for hydroxylation is 1. The number of benzene rings is 1. The lowest BCUT2D eigenvalue weighted by molar-refractivity contribution is 0.0941. The number of halogens is 1. The summed E-state index contributed by atoms with van der Waals surface area (Å²) in [5.74, 6) is 1.76. The average molecular weight is 419 g/mol. The molecule has 156 valence electrons. The van der Waals surface area contributed by atoms with Crippen molar-refractivity contribution in [2.75, 3.05) is 19.8 Å². The second-order valence-electron chi connectivity index (χ2n) is 7.95. The van der Waals surface area contributed by atoms with E-state index < -0.39 is 0 Å². The molecule has 0 spiro atoms. The Morgan fingerprint density at radius 3 is 3.00 bits per heavy atom. The second kappa shape index (κ2) is 8.63. The summed E-state index contributed by atoms with van der Waals surface area (Å²) in [6.07, 6.45) is 3.57. The Hall–Kier alpha value is -2.25. The van der Waals surface area contributed by atoms with Gasteiger partial charge < -0.3 is 20.1 Å². The van der Waals surface area contributed by atoms with E-state index in [2.05, 4.69) is 15.7 Å². The van der Waals surface area contributed by atoms with E-state index in [0.29, 0.717) is 47.8 Å². The van der Waals surface area contributed by atoms with Crippen molar-refractivity contribution in [3.63, 3.8) is 0 Å². The number of carbonyl (C=O) groups excluding carboxylic acids is 1. The lowest BCUT2D eigenvalue weighted by Gasteiger charge is -2.25. The molecule has 8 heteroatoms. The number of ether oxygens (including phenoxy) is 2. The molecule has 3 heterocycles. The molecule has 4 rings (SSSR count). The molecule has 1 aromatic heterocycles. The summed E-state index contributed by atoms with van der Waals surface area (Å²) < 4.78 is 13.2. The molecule has 1 aromatic carbocycles. The first-order valence-electron chi connectivity index (χ1n) is 10.2. The van der Waals surface area contributed by atoms with E-state index in [9.17, 15) is 4.79 Å². The zero-order valence-electron chi connectivity index (χ0n) is 16.8. The molecule has 0 radical (unpaired) electrons. The normalized spacial score (nSPS) is 17.9. The number of rotatable bonds is 6. The topological polar surface area (TPSA) is 77.4 Å². The third-order valence-corrected chi connectivity index (χ3v) is 5.54. The van der Waals surface area contributed by atoms with Gasteiger partial charge in [-0.05, 0) is 56.8 Å². The van der Waals surface area contributed by atoms with Crippen molar-refractivity contribution >= 4 is 17.5 Å². The van der Waals surface area contributed by atoms with Crippen LogP contribution in [-0.2, 0) is 19.5 Å². The fraction of sp³-hybridized carbons (Fsp3) is 0.524. The van der Waals surface area contributed by atoms with Gasteiger partial charge in [-0.15, -0.1) is 0 Å². The quantitative estimate of drug-likeness (QED) is 0.754. The lowest BCUT2D eigenvalue weighted by atomic mass is 9.94. The number of amides is 1. The van der Waals surface area contributed by atoms with E-state index in [4.69, 9.17) is 21.1 Å². The Morgan fingerprint density at radius 1 is 1.34 bits per heavy atom. The Morgan fingerprint density at radius 2 is 2.17 bits per heavy atom. The number of hydrogen-bond donors (Lipinski definition) is 2. The lowest BCUT2D eigenvalue weighted by Crippen LogP contribution is -2.33.